The van der Waals surface area contributed by atoms with Gasteiger partial charge in [0.05, 0.1) is 6.04 Å². The van der Waals surface area contributed by atoms with E-state index < -0.39 is 17.8 Å². The van der Waals surface area contributed by atoms with Crippen molar-refractivity contribution in [3.63, 3.8) is 0 Å². The van der Waals surface area contributed by atoms with Crippen molar-refractivity contribution in [2.24, 2.45) is 5.92 Å². The minimum atomic E-state index is -0.505. The van der Waals surface area contributed by atoms with Crippen LogP contribution in [0.25, 0.3) is 0 Å². The van der Waals surface area contributed by atoms with E-state index in [0.29, 0.717) is 42.1 Å². The van der Waals surface area contributed by atoms with E-state index >= 15 is 0 Å². The van der Waals surface area contributed by atoms with Crippen molar-refractivity contribution in [3.05, 3.63) is 119 Å². The molecule has 0 fully saturated rings. The molecule has 3 aromatic carbocycles. The topological polar surface area (TPSA) is 71.8 Å². The second kappa shape index (κ2) is 11.7. The van der Waals surface area contributed by atoms with E-state index in [9.17, 15) is 18.4 Å². The first-order valence-corrected chi connectivity index (χ1v) is 13.2. The van der Waals surface area contributed by atoms with Gasteiger partial charge in [-0.15, -0.1) is 0 Å². The van der Waals surface area contributed by atoms with E-state index in [1.54, 1.807) is 18.2 Å². The zero-order chi connectivity index (χ0) is 28.2. The molecular weight excluding hydrogens is 514 g/mol. The first-order chi connectivity index (χ1) is 19.3. The Morgan fingerprint density at radius 2 is 1.77 bits per heavy atom. The van der Waals surface area contributed by atoms with Gasteiger partial charge in [-0.25, -0.2) is 8.78 Å². The third-order valence-electron chi connectivity index (χ3n) is 6.76. The highest BCUT2D eigenvalue weighted by Gasteiger charge is 2.32. The number of fused-ring (bicyclic) bond motifs is 1. The molecule has 5 rings (SSSR count). The second-order valence-electron chi connectivity index (χ2n) is 10.3. The monoisotopic (exact) mass is 544 g/mol. The van der Waals surface area contributed by atoms with E-state index in [4.69, 9.17) is 9.15 Å². The van der Waals surface area contributed by atoms with Crippen molar-refractivity contribution in [3.8, 4) is 5.75 Å². The predicted octanol–water partition coefficient (Wildman–Crippen LogP) is 6.91. The van der Waals surface area contributed by atoms with Gasteiger partial charge in [-0.2, -0.15) is 0 Å². The first kappa shape index (κ1) is 27.1. The lowest BCUT2D eigenvalue weighted by atomic mass is 9.87. The quantitative estimate of drug-likeness (QED) is 0.262. The lowest BCUT2D eigenvalue weighted by Crippen LogP contribution is -2.41. The van der Waals surface area contributed by atoms with Crippen LogP contribution in [0.1, 0.15) is 59.3 Å². The fraction of sp³-hybridized carbons (Fsp3) is 0.250. The summed E-state index contributed by atoms with van der Waals surface area (Å²) in [5, 5.41) is 2.60. The van der Waals surface area contributed by atoms with Crippen LogP contribution in [-0.2, 0) is 17.8 Å². The van der Waals surface area contributed by atoms with E-state index in [-0.39, 0.29) is 30.0 Å². The summed E-state index contributed by atoms with van der Waals surface area (Å²) in [6, 6.07) is 20.4. The first-order valence-electron chi connectivity index (χ1n) is 13.2. The molecule has 40 heavy (non-hydrogen) atoms. The molecule has 206 valence electrons. The average Bonchev–Trinajstić information content (AvgIpc) is 3.40. The number of hydrogen-bond acceptors (Lipinski definition) is 4. The molecule has 1 aliphatic heterocycles. The number of benzene rings is 3. The van der Waals surface area contributed by atoms with Gasteiger partial charge >= 0.3 is 0 Å². The normalized spacial score (nSPS) is 14.6. The molecule has 0 saturated heterocycles. The Hall–Kier alpha value is -4.46. The summed E-state index contributed by atoms with van der Waals surface area (Å²) in [4.78, 5) is 27.5. The van der Waals surface area contributed by atoms with Gasteiger partial charge in [-0.1, -0.05) is 38.1 Å². The van der Waals surface area contributed by atoms with Gasteiger partial charge < -0.3 is 19.4 Å². The molecule has 1 unspecified atom stereocenters. The molecule has 2 heterocycles. The van der Waals surface area contributed by atoms with E-state index in [2.05, 4.69) is 5.32 Å². The molecule has 6 nitrogen and oxygen atoms in total. The van der Waals surface area contributed by atoms with Crippen molar-refractivity contribution in [1.29, 1.82) is 0 Å². The van der Waals surface area contributed by atoms with Gasteiger partial charge in [0.25, 0.3) is 5.91 Å². The molecule has 1 aliphatic rings. The number of carbonyl (C=O) groups is 2. The van der Waals surface area contributed by atoms with Crippen LogP contribution in [0.5, 0.6) is 5.75 Å². The Balaban J connectivity index is 1.34. The Kier molecular flexibility index (Phi) is 7.96. The van der Waals surface area contributed by atoms with E-state index in [1.165, 1.54) is 36.4 Å². The summed E-state index contributed by atoms with van der Waals surface area (Å²) in [5.41, 5.74) is 2.99. The van der Waals surface area contributed by atoms with Crippen molar-refractivity contribution >= 4 is 17.5 Å². The van der Waals surface area contributed by atoms with Crippen molar-refractivity contribution in [2.45, 2.75) is 39.3 Å². The summed E-state index contributed by atoms with van der Waals surface area (Å²) < 4.78 is 39.3. The van der Waals surface area contributed by atoms with Gasteiger partial charge in [0.15, 0.2) is 5.76 Å². The number of nitrogens with zero attached hydrogens (tertiary/aromatic N) is 1. The number of amides is 2. The van der Waals surface area contributed by atoms with Crippen LogP contribution in [-0.4, -0.2) is 23.3 Å². The molecule has 1 aromatic heterocycles. The number of ether oxygens (including phenoxy) is 1. The standard InChI is InChI=1S/C32H30F2N2O4/c1-20(2)15-30(37)36-14-13-21-9-10-26(18-28(21)31(36)22-5-3-6-23(33)16-22)39-19-27-11-12-29(40-27)32(38)35-25-8-4-7-24(34)17-25/h3-12,16-18,20,31H,13-15,19H2,1-2H3,(H,35,38). The van der Waals surface area contributed by atoms with Crippen LogP contribution >= 0.6 is 0 Å². The van der Waals surface area contributed by atoms with Gasteiger partial charge in [-0.3, -0.25) is 9.59 Å². The number of anilines is 1. The van der Waals surface area contributed by atoms with Gasteiger partial charge in [-0.05, 0) is 83.6 Å². The summed E-state index contributed by atoms with van der Waals surface area (Å²) in [6.07, 6.45) is 1.10. The number of furan rings is 1. The molecule has 0 radical (unpaired) electrons. The lowest BCUT2D eigenvalue weighted by molar-refractivity contribution is -0.134. The van der Waals surface area contributed by atoms with E-state index in [1.807, 2.05) is 43.0 Å². The third-order valence-corrected chi connectivity index (χ3v) is 6.76. The summed E-state index contributed by atoms with van der Waals surface area (Å²) in [6.45, 7) is 4.62. The fourth-order valence-corrected chi connectivity index (χ4v) is 4.95. The minimum absolute atomic E-state index is 0.0286. The number of nitrogens with one attached hydrogen (secondary N) is 1. The van der Waals surface area contributed by atoms with Crippen LogP contribution < -0.4 is 10.1 Å². The lowest BCUT2D eigenvalue weighted by Gasteiger charge is -2.38. The maximum Gasteiger partial charge on any atom is 0.291 e. The molecule has 0 saturated carbocycles. The molecule has 4 aromatic rings. The molecule has 0 aliphatic carbocycles. The van der Waals surface area contributed by atoms with Crippen molar-refractivity contribution in [1.82, 2.24) is 4.90 Å². The highest BCUT2D eigenvalue weighted by atomic mass is 19.1. The summed E-state index contributed by atoms with van der Waals surface area (Å²) in [5.74, 6) is -0.0370. The van der Waals surface area contributed by atoms with Crippen LogP contribution in [0.4, 0.5) is 14.5 Å². The maximum absolute atomic E-state index is 14.2. The Bertz CT molecular complexity index is 1530. The smallest absolute Gasteiger partial charge is 0.291 e. The third kappa shape index (κ3) is 6.22. The SMILES string of the molecule is CC(C)CC(=O)N1CCc2ccc(OCc3ccc(C(=O)Nc4cccc(F)c4)o3)cc2C1c1cccc(F)c1. The van der Waals surface area contributed by atoms with Crippen molar-refractivity contribution < 1.29 is 27.5 Å². The largest absolute Gasteiger partial charge is 0.486 e. The summed E-state index contributed by atoms with van der Waals surface area (Å²) >= 11 is 0. The fourth-order valence-electron chi connectivity index (χ4n) is 4.95. The second-order valence-corrected chi connectivity index (χ2v) is 10.3. The Morgan fingerprint density at radius 1 is 1.00 bits per heavy atom. The van der Waals surface area contributed by atoms with Crippen LogP contribution in [0, 0.1) is 17.6 Å². The molecule has 0 spiro atoms. The highest BCUT2D eigenvalue weighted by Crippen LogP contribution is 2.38. The molecule has 0 bridgehead atoms. The number of halogens is 2. The van der Waals surface area contributed by atoms with Gasteiger partial charge in [0.1, 0.15) is 29.8 Å². The Labute approximate surface area is 231 Å². The zero-order valence-corrected chi connectivity index (χ0v) is 22.3. The minimum Gasteiger partial charge on any atom is -0.486 e. The number of carbonyl (C=O) groups excluding carboxylic acids is 2. The molecule has 1 N–H and O–H groups in total. The van der Waals surface area contributed by atoms with Crippen LogP contribution in [0.3, 0.4) is 0 Å². The Morgan fingerprint density at radius 3 is 2.52 bits per heavy atom. The van der Waals surface area contributed by atoms with Crippen LogP contribution in [0.2, 0.25) is 0 Å². The van der Waals surface area contributed by atoms with Crippen molar-refractivity contribution in [2.75, 3.05) is 11.9 Å². The van der Waals surface area contributed by atoms with Crippen LogP contribution in [0.15, 0.2) is 83.3 Å². The van der Waals surface area contributed by atoms with Gasteiger partial charge in [0, 0.05) is 18.7 Å². The molecule has 2 amide bonds. The predicted molar refractivity (Wildman–Crippen MR) is 147 cm³/mol. The number of rotatable bonds is 8. The highest BCUT2D eigenvalue weighted by molar-refractivity contribution is 6.02. The molecule has 8 heteroatoms. The zero-order valence-electron chi connectivity index (χ0n) is 22.3. The number of hydrogen-bond donors (Lipinski definition) is 1. The molecular formula is C32H30F2N2O4. The summed E-state index contributed by atoms with van der Waals surface area (Å²) in [7, 11) is 0. The average molecular weight is 545 g/mol. The molecule has 1 atom stereocenters. The maximum atomic E-state index is 14.2. The van der Waals surface area contributed by atoms with Gasteiger partial charge in [0.2, 0.25) is 5.91 Å². The van der Waals surface area contributed by atoms with E-state index in [0.717, 1.165) is 11.1 Å².